The van der Waals surface area contributed by atoms with Gasteiger partial charge in [0.1, 0.15) is 0 Å². The van der Waals surface area contributed by atoms with E-state index in [1.54, 1.807) is 13.2 Å². The van der Waals surface area contributed by atoms with E-state index in [-0.39, 0.29) is 29.9 Å². The Bertz CT molecular complexity index is 728. The highest BCUT2D eigenvalue weighted by atomic mass is 127. The maximum atomic E-state index is 11.7. The van der Waals surface area contributed by atoms with Crippen molar-refractivity contribution >= 4 is 41.5 Å². The SMILES string of the molecule is CCCC(=O)Nc1cccc(CNC(=NC)NCc2ccnn2C)c1.I. The predicted molar refractivity (Wildman–Crippen MR) is 116 cm³/mol. The second kappa shape index (κ2) is 11.5. The summed E-state index contributed by atoms with van der Waals surface area (Å²) in [5.74, 6) is 0.753. The number of aryl methyl sites for hydroxylation is 1. The molecule has 0 saturated carbocycles. The maximum absolute atomic E-state index is 11.7. The topological polar surface area (TPSA) is 83.3 Å². The second-order valence-corrected chi connectivity index (χ2v) is 5.72. The van der Waals surface area contributed by atoms with Crippen LogP contribution in [-0.2, 0) is 24.9 Å². The van der Waals surface area contributed by atoms with Crippen LogP contribution in [0.15, 0.2) is 41.5 Å². The molecule has 3 N–H and O–H groups in total. The number of hydrogen-bond donors (Lipinski definition) is 3. The van der Waals surface area contributed by atoms with E-state index in [0.717, 1.165) is 23.4 Å². The largest absolute Gasteiger partial charge is 0.352 e. The van der Waals surface area contributed by atoms with Crippen molar-refractivity contribution in [3.05, 3.63) is 47.8 Å². The van der Waals surface area contributed by atoms with Gasteiger partial charge in [-0.3, -0.25) is 14.5 Å². The number of guanidine groups is 1. The molecule has 7 nitrogen and oxygen atoms in total. The maximum Gasteiger partial charge on any atom is 0.224 e. The van der Waals surface area contributed by atoms with Crippen LogP contribution >= 0.6 is 24.0 Å². The van der Waals surface area contributed by atoms with Crippen LogP contribution < -0.4 is 16.0 Å². The number of aromatic nitrogens is 2. The minimum atomic E-state index is 0. The number of carbonyl (C=O) groups excluding carboxylic acids is 1. The molecule has 1 aromatic heterocycles. The van der Waals surface area contributed by atoms with Gasteiger partial charge >= 0.3 is 0 Å². The number of hydrogen-bond acceptors (Lipinski definition) is 3. The van der Waals surface area contributed by atoms with E-state index in [4.69, 9.17) is 0 Å². The summed E-state index contributed by atoms with van der Waals surface area (Å²) in [5, 5.41) is 13.6. The lowest BCUT2D eigenvalue weighted by molar-refractivity contribution is -0.116. The Labute approximate surface area is 171 Å². The van der Waals surface area contributed by atoms with Crippen LogP contribution in [0.25, 0.3) is 0 Å². The Balaban J connectivity index is 0.00000338. The van der Waals surface area contributed by atoms with Crippen LogP contribution in [0.5, 0.6) is 0 Å². The van der Waals surface area contributed by atoms with Gasteiger partial charge in [-0.2, -0.15) is 5.10 Å². The number of carbonyl (C=O) groups is 1. The Hall–Kier alpha value is -2.10. The van der Waals surface area contributed by atoms with Crippen LogP contribution in [-0.4, -0.2) is 28.7 Å². The van der Waals surface area contributed by atoms with E-state index < -0.39 is 0 Å². The Morgan fingerprint density at radius 2 is 2.00 bits per heavy atom. The summed E-state index contributed by atoms with van der Waals surface area (Å²) in [6.07, 6.45) is 3.14. The molecule has 0 aliphatic carbocycles. The molecular weight excluding hydrogens is 443 g/mol. The molecule has 2 rings (SSSR count). The minimum Gasteiger partial charge on any atom is -0.352 e. The number of nitrogens with one attached hydrogen (secondary N) is 3. The van der Waals surface area contributed by atoms with E-state index >= 15 is 0 Å². The summed E-state index contributed by atoms with van der Waals surface area (Å²) < 4.78 is 1.82. The summed E-state index contributed by atoms with van der Waals surface area (Å²) >= 11 is 0. The van der Waals surface area contributed by atoms with Crippen molar-refractivity contribution < 1.29 is 4.79 Å². The van der Waals surface area contributed by atoms with E-state index in [2.05, 4.69) is 26.0 Å². The first-order valence-electron chi connectivity index (χ1n) is 8.42. The van der Waals surface area contributed by atoms with Crippen molar-refractivity contribution in [1.29, 1.82) is 0 Å². The number of aliphatic imine (C=N–C) groups is 1. The summed E-state index contributed by atoms with van der Waals surface area (Å²) in [5.41, 5.74) is 2.96. The monoisotopic (exact) mass is 470 g/mol. The summed E-state index contributed by atoms with van der Waals surface area (Å²) in [6.45, 7) is 3.25. The quantitative estimate of drug-likeness (QED) is 0.330. The first-order chi connectivity index (χ1) is 12.1. The van der Waals surface area contributed by atoms with Gasteiger partial charge < -0.3 is 16.0 Å². The Morgan fingerprint density at radius 1 is 1.23 bits per heavy atom. The van der Waals surface area contributed by atoms with Crippen molar-refractivity contribution in [2.75, 3.05) is 12.4 Å². The van der Waals surface area contributed by atoms with Gasteiger partial charge in [0.15, 0.2) is 5.96 Å². The zero-order valence-corrected chi connectivity index (χ0v) is 17.8. The highest BCUT2D eigenvalue weighted by Crippen LogP contribution is 2.11. The highest BCUT2D eigenvalue weighted by molar-refractivity contribution is 14.0. The summed E-state index contributed by atoms with van der Waals surface area (Å²) in [6, 6.07) is 9.77. The smallest absolute Gasteiger partial charge is 0.224 e. The van der Waals surface area contributed by atoms with Gasteiger partial charge in [-0.25, -0.2) is 0 Å². The van der Waals surface area contributed by atoms with Gasteiger partial charge in [0, 0.05) is 38.9 Å². The minimum absolute atomic E-state index is 0. The van der Waals surface area contributed by atoms with Crippen LogP contribution in [0, 0.1) is 0 Å². The normalized spacial score (nSPS) is 10.8. The third kappa shape index (κ3) is 7.03. The second-order valence-electron chi connectivity index (χ2n) is 5.72. The van der Waals surface area contributed by atoms with Gasteiger partial charge in [-0.05, 0) is 30.2 Å². The number of anilines is 1. The number of amides is 1. The average Bonchev–Trinajstić information content (AvgIpc) is 3.00. The summed E-state index contributed by atoms with van der Waals surface area (Å²) in [7, 11) is 3.64. The number of nitrogens with zero attached hydrogens (tertiary/aromatic N) is 3. The molecule has 1 aromatic carbocycles. The van der Waals surface area contributed by atoms with Crippen molar-refractivity contribution in [2.24, 2.45) is 12.0 Å². The predicted octanol–water partition coefficient (Wildman–Crippen LogP) is 2.64. The fraction of sp³-hybridized carbons (Fsp3) is 0.389. The molecule has 1 heterocycles. The Morgan fingerprint density at radius 3 is 2.65 bits per heavy atom. The first-order valence-corrected chi connectivity index (χ1v) is 8.42. The number of rotatable bonds is 7. The van der Waals surface area contributed by atoms with Gasteiger partial charge in [-0.15, -0.1) is 24.0 Å². The summed E-state index contributed by atoms with van der Waals surface area (Å²) in [4.78, 5) is 15.9. The Kier molecular flexibility index (Phi) is 9.71. The molecule has 8 heteroatoms. The molecule has 2 aromatic rings. The fourth-order valence-corrected chi connectivity index (χ4v) is 2.37. The van der Waals surface area contributed by atoms with Gasteiger partial charge in [-0.1, -0.05) is 19.1 Å². The molecule has 0 aliphatic rings. The van der Waals surface area contributed by atoms with E-state index in [1.165, 1.54) is 0 Å². The average molecular weight is 470 g/mol. The molecule has 0 saturated heterocycles. The molecule has 0 bridgehead atoms. The van der Waals surface area contributed by atoms with Crippen molar-refractivity contribution in [3.63, 3.8) is 0 Å². The lowest BCUT2D eigenvalue weighted by atomic mass is 10.2. The molecule has 142 valence electrons. The third-order valence-electron chi connectivity index (χ3n) is 3.73. The van der Waals surface area contributed by atoms with Crippen LogP contribution in [0.4, 0.5) is 5.69 Å². The molecule has 0 atom stereocenters. The molecule has 26 heavy (non-hydrogen) atoms. The lowest BCUT2D eigenvalue weighted by Gasteiger charge is -2.13. The fourth-order valence-electron chi connectivity index (χ4n) is 2.37. The molecule has 0 spiro atoms. The molecular formula is C18H27IN6O. The number of benzene rings is 1. The number of halogens is 1. The zero-order chi connectivity index (χ0) is 18.1. The molecule has 0 aliphatic heterocycles. The zero-order valence-electron chi connectivity index (χ0n) is 15.5. The van der Waals surface area contributed by atoms with Crippen LogP contribution in [0.2, 0.25) is 0 Å². The van der Waals surface area contributed by atoms with Crippen molar-refractivity contribution in [2.45, 2.75) is 32.9 Å². The highest BCUT2D eigenvalue weighted by Gasteiger charge is 2.04. The van der Waals surface area contributed by atoms with E-state index in [1.807, 2.05) is 49.0 Å². The van der Waals surface area contributed by atoms with Crippen LogP contribution in [0.1, 0.15) is 31.0 Å². The third-order valence-corrected chi connectivity index (χ3v) is 3.73. The molecule has 0 unspecified atom stereocenters. The standard InChI is InChI=1S/C18H26N6O.HI/c1-4-6-17(25)23-15-8-5-7-14(11-15)12-20-18(19-2)21-13-16-9-10-22-24(16)3;/h5,7-11H,4,6,12-13H2,1-3H3,(H,23,25)(H2,19,20,21);1H. The van der Waals surface area contributed by atoms with Crippen molar-refractivity contribution in [1.82, 2.24) is 20.4 Å². The van der Waals surface area contributed by atoms with Gasteiger partial charge in [0.05, 0.1) is 12.2 Å². The molecule has 1 amide bonds. The molecule has 0 radical (unpaired) electrons. The van der Waals surface area contributed by atoms with E-state index in [0.29, 0.717) is 25.5 Å². The first kappa shape index (κ1) is 21.9. The van der Waals surface area contributed by atoms with Crippen molar-refractivity contribution in [3.8, 4) is 0 Å². The van der Waals surface area contributed by atoms with E-state index in [9.17, 15) is 4.79 Å². The van der Waals surface area contributed by atoms with Gasteiger partial charge in [0.2, 0.25) is 5.91 Å². The van der Waals surface area contributed by atoms with Crippen LogP contribution in [0.3, 0.4) is 0 Å². The lowest BCUT2D eigenvalue weighted by Crippen LogP contribution is -2.36. The van der Waals surface area contributed by atoms with Gasteiger partial charge in [0.25, 0.3) is 0 Å². The molecule has 0 fully saturated rings.